The van der Waals surface area contributed by atoms with Crippen LogP contribution in [0.4, 0.5) is 0 Å². The Hall–Kier alpha value is -1.80. The maximum atomic E-state index is 12.0. The van der Waals surface area contributed by atoms with Gasteiger partial charge in [0, 0.05) is 12.6 Å². The van der Waals surface area contributed by atoms with Gasteiger partial charge >= 0.3 is 0 Å². The van der Waals surface area contributed by atoms with E-state index in [1.165, 1.54) is 4.31 Å². The number of methoxy groups -OCH3 is 2. The molecule has 1 aromatic carbocycles. The van der Waals surface area contributed by atoms with E-state index < -0.39 is 10.0 Å². The quantitative estimate of drug-likeness (QED) is 0.707. The minimum absolute atomic E-state index is 0.0170. The molecule has 1 saturated carbocycles. The first-order valence-electron chi connectivity index (χ1n) is 7.79. The molecule has 1 fully saturated rings. The first kappa shape index (κ1) is 18.5. The first-order chi connectivity index (χ1) is 11.3. The predicted octanol–water partition coefficient (Wildman–Crippen LogP) is 0.786. The van der Waals surface area contributed by atoms with Gasteiger partial charge in [-0.15, -0.1) is 0 Å². The summed E-state index contributed by atoms with van der Waals surface area (Å²) >= 11 is 0. The van der Waals surface area contributed by atoms with E-state index >= 15 is 0 Å². The fourth-order valence-corrected chi connectivity index (χ4v) is 3.56. The highest BCUT2D eigenvalue weighted by molar-refractivity contribution is 7.88. The predicted molar refractivity (Wildman–Crippen MR) is 90.8 cm³/mol. The van der Waals surface area contributed by atoms with Gasteiger partial charge in [-0.05, 0) is 37.0 Å². The molecule has 0 saturated heterocycles. The number of hydrogen-bond donors (Lipinski definition) is 1. The number of rotatable bonds is 9. The minimum Gasteiger partial charge on any atom is -0.493 e. The van der Waals surface area contributed by atoms with Crippen molar-refractivity contribution in [1.29, 1.82) is 0 Å². The summed E-state index contributed by atoms with van der Waals surface area (Å²) in [5.41, 5.74) is 0.995. The molecule has 2 rings (SSSR count). The summed E-state index contributed by atoms with van der Waals surface area (Å²) in [5, 5.41) is 2.77. The molecule has 0 bridgehead atoms. The van der Waals surface area contributed by atoms with Crippen molar-refractivity contribution in [1.82, 2.24) is 9.62 Å². The molecule has 24 heavy (non-hydrogen) atoms. The molecule has 0 heterocycles. The Morgan fingerprint density at radius 3 is 2.46 bits per heavy atom. The number of ether oxygens (including phenoxy) is 2. The van der Waals surface area contributed by atoms with Crippen molar-refractivity contribution in [3.8, 4) is 11.5 Å². The topological polar surface area (TPSA) is 84.9 Å². The maximum Gasteiger partial charge on any atom is 0.235 e. The van der Waals surface area contributed by atoms with Gasteiger partial charge in [0.25, 0.3) is 0 Å². The Balaban J connectivity index is 1.84. The molecule has 1 aliphatic rings. The second-order valence-electron chi connectivity index (χ2n) is 5.83. The number of benzene rings is 1. The van der Waals surface area contributed by atoms with E-state index in [0.29, 0.717) is 24.5 Å². The van der Waals surface area contributed by atoms with Crippen LogP contribution in [-0.4, -0.2) is 58.2 Å². The Kier molecular flexibility index (Phi) is 6.06. The van der Waals surface area contributed by atoms with Gasteiger partial charge in [-0.1, -0.05) is 6.07 Å². The van der Waals surface area contributed by atoms with Crippen LogP contribution in [0.2, 0.25) is 0 Å². The van der Waals surface area contributed by atoms with Crippen LogP contribution in [0.1, 0.15) is 18.4 Å². The molecule has 0 spiro atoms. The second kappa shape index (κ2) is 7.85. The number of carbonyl (C=O) groups excluding carboxylic acids is 1. The van der Waals surface area contributed by atoms with Crippen molar-refractivity contribution in [3.05, 3.63) is 23.8 Å². The Morgan fingerprint density at radius 1 is 1.25 bits per heavy atom. The van der Waals surface area contributed by atoms with Crippen molar-refractivity contribution in [2.45, 2.75) is 25.3 Å². The Labute approximate surface area is 143 Å². The zero-order chi connectivity index (χ0) is 17.7. The fraction of sp³-hybridized carbons (Fsp3) is 0.562. The van der Waals surface area contributed by atoms with Gasteiger partial charge in [0.05, 0.1) is 27.0 Å². The lowest BCUT2D eigenvalue weighted by Crippen LogP contribution is -2.41. The summed E-state index contributed by atoms with van der Waals surface area (Å²) in [7, 11) is -0.204. The van der Waals surface area contributed by atoms with Crippen LogP contribution in [0.25, 0.3) is 0 Å². The number of amides is 1. The molecule has 1 amide bonds. The summed E-state index contributed by atoms with van der Waals surface area (Å²) in [4.78, 5) is 12.0. The summed E-state index contributed by atoms with van der Waals surface area (Å²) < 4.78 is 35.1. The van der Waals surface area contributed by atoms with Crippen molar-refractivity contribution in [2.24, 2.45) is 0 Å². The van der Waals surface area contributed by atoms with E-state index in [0.717, 1.165) is 24.7 Å². The third-order valence-corrected chi connectivity index (χ3v) is 5.14. The van der Waals surface area contributed by atoms with Crippen molar-refractivity contribution in [3.63, 3.8) is 0 Å². The van der Waals surface area contributed by atoms with Gasteiger partial charge in [-0.25, -0.2) is 8.42 Å². The van der Waals surface area contributed by atoms with E-state index in [2.05, 4.69) is 5.32 Å². The normalized spacial score (nSPS) is 14.5. The van der Waals surface area contributed by atoms with Crippen LogP contribution in [0, 0.1) is 0 Å². The van der Waals surface area contributed by atoms with E-state index in [-0.39, 0.29) is 18.5 Å². The molecule has 134 valence electrons. The van der Waals surface area contributed by atoms with Crippen LogP contribution in [-0.2, 0) is 21.2 Å². The summed E-state index contributed by atoms with van der Waals surface area (Å²) in [6.07, 6.45) is 3.41. The highest BCUT2D eigenvalue weighted by atomic mass is 32.2. The van der Waals surface area contributed by atoms with Gasteiger partial charge < -0.3 is 14.8 Å². The molecule has 1 aliphatic carbocycles. The van der Waals surface area contributed by atoms with Crippen molar-refractivity contribution < 1.29 is 22.7 Å². The first-order valence-corrected chi connectivity index (χ1v) is 9.64. The smallest absolute Gasteiger partial charge is 0.235 e. The summed E-state index contributed by atoms with van der Waals surface area (Å²) in [6, 6.07) is 5.56. The van der Waals surface area contributed by atoms with Crippen LogP contribution in [0.5, 0.6) is 11.5 Å². The SMILES string of the molecule is COc1ccc(CCNC(=O)CN(C2CC2)S(C)(=O)=O)cc1OC. The van der Waals surface area contributed by atoms with Gasteiger partial charge in [0.15, 0.2) is 11.5 Å². The molecular weight excluding hydrogens is 332 g/mol. The average molecular weight is 356 g/mol. The Bertz CT molecular complexity index is 686. The molecule has 0 aliphatic heterocycles. The lowest BCUT2D eigenvalue weighted by Gasteiger charge is -2.18. The third-order valence-electron chi connectivity index (χ3n) is 3.86. The highest BCUT2D eigenvalue weighted by Crippen LogP contribution is 2.29. The number of nitrogens with zero attached hydrogens (tertiary/aromatic N) is 1. The van der Waals surface area contributed by atoms with E-state index in [4.69, 9.17) is 9.47 Å². The molecule has 0 unspecified atom stereocenters. The number of sulfonamides is 1. The van der Waals surface area contributed by atoms with Crippen molar-refractivity contribution in [2.75, 3.05) is 33.6 Å². The fourth-order valence-electron chi connectivity index (χ4n) is 2.46. The standard InChI is InChI=1S/C16H24N2O5S/c1-22-14-7-4-12(10-15(14)23-2)8-9-17-16(19)11-18(13-5-6-13)24(3,20)21/h4,7,10,13H,5-6,8-9,11H2,1-3H3,(H,17,19). The monoisotopic (exact) mass is 356 g/mol. The number of carbonyl (C=O) groups is 1. The zero-order valence-electron chi connectivity index (χ0n) is 14.2. The third kappa shape index (κ3) is 5.10. The molecular formula is C16H24N2O5S. The Morgan fingerprint density at radius 2 is 1.92 bits per heavy atom. The lowest BCUT2D eigenvalue weighted by atomic mass is 10.1. The van der Waals surface area contributed by atoms with Crippen molar-refractivity contribution >= 4 is 15.9 Å². The minimum atomic E-state index is -3.35. The lowest BCUT2D eigenvalue weighted by molar-refractivity contribution is -0.121. The van der Waals surface area contributed by atoms with E-state index in [1.54, 1.807) is 14.2 Å². The molecule has 7 nitrogen and oxygen atoms in total. The number of nitrogens with one attached hydrogen (secondary N) is 1. The highest BCUT2D eigenvalue weighted by Gasteiger charge is 2.36. The van der Waals surface area contributed by atoms with Gasteiger partial charge in [0.1, 0.15) is 0 Å². The largest absolute Gasteiger partial charge is 0.493 e. The summed E-state index contributed by atoms with van der Waals surface area (Å²) in [5.74, 6) is 1.00. The molecule has 1 N–H and O–H groups in total. The van der Waals surface area contributed by atoms with E-state index in [1.807, 2.05) is 18.2 Å². The molecule has 0 aromatic heterocycles. The van der Waals surface area contributed by atoms with Crippen LogP contribution in [0.15, 0.2) is 18.2 Å². The van der Waals surface area contributed by atoms with Gasteiger partial charge in [-0.2, -0.15) is 4.31 Å². The van der Waals surface area contributed by atoms with Crippen LogP contribution >= 0.6 is 0 Å². The summed E-state index contributed by atoms with van der Waals surface area (Å²) in [6.45, 7) is 0.312. The molecule has 0 radical (unpaired) electrons. The van der Waals surface area contributed by atoms with Crippen LogP contribution < -0.4 is 14.8 Å². The maximum absolute atomic E-state index is 12.0. The van der Waals surface area contributed by atoms with Gasteiger partial charge in [0.2, 0.25) is 15.9 Å². The average Bonchev–Trinajstić information content (AvgIpc) is 3.36. The number of hydrogen-bond acceptors (Lipinski definition) is 5. The zero-order valence-corrected chi connectivity index (χ0v) is 15.1. The molecule has 1 aromatic rings. The molecule has 8 heteroatoms. The van der Waals surface area contributed by atoms with Crippen LogP contribution in [0.3, 0.4) is 0 Å². The van der Waals surface area contributed by atoms with Gasteiger partial charge in [-0.3, -0.25) is 4.79 Å². The second-order valence-corrected chi connectivity index (χ2v) is 7.76. The molecule has 0 atom stereocenters. The van der Waals surface area contributed by atoms with E-state index in [9.17, 15) is 13.2 Å².